The van der Waals surface area contributed by atoms with Gasteiger partial charge in [-0.2, -0.15) is 0 Å². The van der Waals surface area contributed by atoms with E-state index in [9.17, 15) is 0 Å². The molecule has 0 heterocycles. The Hall–Kier alpha value is -0.700. The fourth-order valence-corrected chi connectivity index (χ4v) is 0.897. The van der Waals surface area contributed by atoms with Gasteiger partial charge in [0, 0.05) is 8.02 Å². The summed E-state index contributed by atoms with van der Waals surface area (Å²) < 4.78 is 24.6. The number of ether oxygens (including phenoxy) is 2. The lowest BCUT2D eigenvalue weighted by Gasteiger charge is -2.04. The summed E-state index contributed by atoms with van der Waals surface area (Å²) >= 11 is 2.85. The van der Waals surface area contributed by atoms with Crippen molar-refractivity contribution in [2.75, 3.05) is 19.0 Å². The summed E-state index contributed by atoms with van der Waals surface area (Å²) in [5, 5.41) is -1.49. The van der Waals surface area contributed by atoms with Crippen molar-refractivity contribution < 1.29 is 12.2 Å². The van der Waals surface area contributed by atoms with Crippen molar-refractivity contribution in [2.45, 2.75) is 0 Å². The summed E-state index contributed by atoms with van der Waals surface area (Å²) in [7, 11) is 1.59. The summed E-state index contributed by atoms with van der Waals surface area (Å²) in [6, 6.07) is 6.99. The Labute approximate surface area is 83.4 Å². The van der Waals surface area contributed by atoms with E-state index in [1.54, 1.807) is 31.4 Å². The topological polar surface area (TPSA) is 18.5 Å². The number of methoxy groups -OCH3 is 1. The van der Waals surface area contributed by atoms with Gasteiger partial charge in [-0.15, -0.1) is 0 Å². The summed E-state index contributed by atoms with van der Waals surface area (Å²) in [5.41, 5.74) is 0. The van der Waals surface area contributed by atoms with E-state index in [1.165, 1.54) is 0 Å². The van der Waals surface area contributed by atoms with Crippen LogP contribution in [0, 0.1) is 0 Å². The molecule has 3 heteroatoms. The second-order valence-electron chi connectivity index (χ2n) is 2.10. The lowest BCUT2D eigenvalue weighted by atomic mass is 10.3. The third-order valence-electron chi connectivity index (χ3n) is 1.35. The Kier molecular flexibility index (Phi) is 2.84. The van der Waals surface area contributed by atoms with E-state index in [4.69, 9.17) is 12.2 Å². The van der Waals surface area contributed by atoms with Gasteiger partial charge in [-0.25, -0.2) is 0 Å². The Balaban J connectivity index is 2.52. The first-order chi connectivity index (χ1) is 6.51. The molecule has 0 saturated heterocycles. The van der Waals surface area contributed by atoms with E-state index in [1.807, 2.05) is 0 Å². The first kappa shape index (κ1) is 6.78. The summed E-state index contributed by atoms with van der Waals surface area (Å²) in [6.45, 7) is -0.0284. The van der Waals surface area contributed by atoms with Crippen LogP contribution in [-0.2, 0) is 0 Å². The van der Waals surface area contributed by atoms with Gasteiger partial charge in [0.1, 0.15) is 11.5 Å². The third-order valence-corrected chi connectivity index (χ3v) is 1.58. The van der Waals surface area contributed by atoms with Gasteiger partial charge in [-0.1, -0.05) is 15.9 Å². The molecule has 2 nitrogen and oxygen atoms in total. The highest BCUT2D eigenvalue weighted by Crippen LogP contribution is 2.16. The number of hydrogen-bond donors (Lipinski definition) is 0. The van der Waals surface area contributed by atoms with E-state index in [0.717, 1.165) is 5.75 Å². The molecule has 12 heavy (non-hydrogen) atoms. The molecule has 0 radical (unpaired) electrons. The van der Waals surface area contributed by atoms with E-state index >= 15 is 0 Å². The van der Waals surface area contributed by atoms with E-state index < -0.39 is 5.28 Å². The second-order valence-corrected chi connectivity index (χ2v) is 2.66. The predicted molar refractivity (Wildman–Crippen MR) is 52.3 cm³/mol. The highest BCUT2D eigenvalue weighted by molar-refractivity contribution is 9.09. The van der Waals surface area contributed by atoms with Gasteiger partial charge >= 0.3 is 0 Å². The molecule has 0 aromatic heterocycles. The molecular weight excluding hydrogens is 220 g/mol. The summed E-state index contributed by atoms with van der Waals surface area (Å²) in [6.07, 6.45) is 0. The maximum absolute atomic E-state index is 7.19. The van der Waals surface area contributed by atoms with E-state index in [0.29, 0.717) is 5.75 Å². The van der Waals surface area contributed by atoms with E-state index in [-0.39, 0.29) is 6.61 Å². The Bertz CT molecular complexity index is 282. The van der Waals surface area contributed by atoms with Crippen LogP contribution in [0.5, 0.6) is 11.5 Å². The van der Waals surface area contributed by atoms with Gasteiger partial charge in [0.2, 0.25) is 0 Å². The number of halogens is 1. The second kappa shape index (κ2) is 5.04. The molecule has 0 amide bonds. The molecule has 0 spiro atoms. The molecule has 1 aromatic carbocycles. The zero-order valence-electron chi connectivity index (χ0n) is 8.71. The SMILES string of the molecule is [2H]C([2H])(Br)COc1ccc(OC)cc1. The van der Waals surface area contributed by atoms with Crippen LogP contribution in [0.3, 0.4) is 0 Å². The van der Waals surface area contributed by atoms with Gasteiger partial charge < -0.3 is 9.47 Å². The highest BCUT2D eigenvalue weighted by Gasteiger charge is 1.93. The minimum Gasteiger partial charge on any atom is -0.497 e. The van der Waals surface area contributed by atoms with Gasteiger partial charge in [-0.05, 0) is 24.3 Å². The van der Waals surface area contributed by atoms with Crippen molar-refractivity contribution in [1.29, 1.82) is 0 Å². The molecule has 0 fully saturated rings. The van der Waals surface area contributed by atoms with Crippen LogP contribution >= 0.6 is 15.9 Å². The first-order valence-electron chi connectivity index (χ1n) is 4.47. The summed E-state index contributed by atoms with van der Waals surface area (Å²) in [4.78, 5) is 0. The average molecular weight is 233 g/mol. The van der Waals surface area contributed by atoms with Crippen molar-refractivity contribution >= 4 is 15.9 Å². The van der Waals surface area contributed by atoms with Gasteiger partial charge in [0.05, 0.1) is 13.7 Å². The number of hydrogen-bond acceptors (Lipinski definition) is 2. The van der Waals surface area contributed by atoms with Gasteiger partial charge in [-0.3, -0.25) is 0 Å². The predicted octanol–water partition coefficient (Wildman–Crippen LogP) is 2.47. The number of benzene rings is 1. The molecule has 66 valence electrons. The van der Waals surface area contributed by atoms with Crippen molar-refractivity contribution in [3.63, 3.8) is 0 Å². The van der Waals surface area contributed by atoms with Crippen molar-refractivity contribution in [3.05, 3.63) is 24.3 Å². The molecular formula is C9H11BrO2. The molecule has 1 rings (SSSR count). The molecule has 0 saturated carbocycles. The fourth-order valence-electron chi connectivity index (χ4n) is 0.783. The lowest BCUT2D eigenvalue weighted by Crippen LogP contribution is -1.97. The average Bonchev–Trinajstić information content (AvgIpc) is 2.14. The smallest absolute Gasteiger partial charge is 0.119 e. The standard InChI is InChI=1S/C9H11BrO2/c1-11-8-2-4-9(5-3-8)12-7-6-10/h2-5H,6-7H2,1H3/i6D2. The molecule has 0 aliphatic carbocycles. The van der Waals surface area contributed by atoms with Crippen molar-refractivity contribution in [3.8, 4) is 11.5 Å². The van der Waals surface area contributed by atoms with Crippen LogP contribution in [-0.4, -0.2) is 19.0 Å². The Morgan fingerprint density at radius 1 is 1.33 bits per heavy atom. The van der Waals surface area contributed by atoms with Crippen molar-refractivity contribution in [1.82, 2.24) is 0 Å². The molecule has 0 bridgehead atoms. The lowest BCUT2D eigenvalue weighted by molar-refractivity contribution is 0.343. The van der Waals surface area contributed by atoms with Crippen LogP contribution < -0.4 is 9.47 Å². The number of rotatable bonds is 4. The first-order valence-corrected chi connectivity index (χ1v) is 4.26. The van der Waals surface area contributed by atoms with Gasteiger partial charge in [0.25, 0.3) is 0 Å². The maximum Gasteiger partial charge on any atom is 0.119 e. The Morgan fingerprint density at radius 2 is 1.92 bits per heavy atom. The monoisotopic (exact) mass is 232 g/mol. The molecule has 1 aromatic rings. The van der Waals surface area contributed by atoms with E-state index in [2.05, 4.69) is 15.9 Å². The van der Waals surface area contributed by atoms with Crippen LogP contribution in [0.2, 0.25) is 0 Å². The fraction of sp³-hybridized carbons (Fsp3) is 0.333. The molecule has 0 N–H and O–H groups in total. The molecule has 0 aliphatic heterocycles. The molecule has 0 unspecified atom stereocenters. The zero-order chi connectivity index (χ0) is 10.6. The zero-order valence-corrected chi connectivity index (χ0v) is 8.30. The minimum absolute atomic E-state index is 0.0284. The minimum atomic E-state index is -1.49. The van der Waals surface area contributed by atoms with Crippen LogP contribution in [0.25, 0.3) is 0 Å². The van der Waals surface area contributed by atoms with Crippen molar-refractivity contribution in [2.24, 2.45) is 0 Å². The third kappa shape index (κ3) is 2.74. The van der Waals surface area contributed by atoms with Gasteiger partial charge in [0.15, 0.2) is 0 Å². The van der Waals surface area contributed by atoms with Crippen LogP contribution in [0.1, 0.15) is 2.74 Å². The highest BCUT2D eigenvalue weighted by atomic mass is 79.9. The molecule has 0 aliphatic rings. The van der Waals surface area contributed by atoms with Crippen LogP contribution in [0.15, 0.2) is 24.3 Å². The van der Waals surface area contributed by atoms with Crippen LogP contribution in [0.4, 0.5) is 0 Å². The Morgan fingerprint density at radius 3 is 2.42 bits per heavy atom. The quantitative estimate of drug-likeness (QED) is 0.743. The summed E-state index contributed by atoms with van der Waals surface area (Å²) in [5.74, 6) is 1.37. The maximum atomic E-state index is 7.19. The number of alkyl halides is 1. The molecule has 0 atom stereocenters. The largest absolute Gasteiger partial charge is 0.497 e. The normalized spacial score (nSPS) is 13.2.